The molecule has 5 heteroatoms. The van der Waals surface area contributed by atoms with Crippen molar-refractivity contribution in [3.63, 3.8) is 0 Å². The van der Waals surface area contributed by atoms with Crippen LogP contribution >= 0.6 is 15.9 Å². The lowest BCUT2D eigenvalue weighted by Crippen LogP contribution is -2.12. The fourth-order valence-electron chi connectivity index (χ4n) is 1.93. The van der Waals surface area contributed by atoms with Crippen molar-refractivity contribution in [2.75, 3.05) is 5.32 Å². The standard InChI is InChI=1S/C15H13BrF3N/c1-8-3-5-13(18)15(14(8)19)20-9(2)11-7-10(16)4-6-12(11)17/h3-7,9,20H,1-2H3. The molecular weight excluding hydrogens is 331 g/mol. The summed E-state index contributed by atoms with van der Waals surface area (Å²) in [7, 11) is 0. The van der Waals surface area contributed by atoms with Gasteiger partial charge in [0, 0.05) is 10.0 Å². The summed E-state index contributed by atoms with van der Waals surface area (Å²) in [6, 6.07) is 6.43. The highest BCUT2D eigenvalue weighted by Gasteiger charge is 2.17. The number of benzene rings is 2. The molecule has 1 N–H and O–H groups in total. The Morgan fingerprint density at radius 2 is 1.70 bits per heavy atom. The summed E-state index contributed by atoms with van der Waals surface area (Å²) in [6.07, 6.45) is 0. The Morgan fingerprint density at radius 3 is 2.40 bits per heavy atom. The molecule has 2 aromatic rings. The van der Waals surface area contributed by atoms with Gasteiger partial charge in [0.05, 0.1) is 6.04 Å². The summed E-state index contributed by atoms with van der Waals surface area (Å²) in [4.78, 5) is 0. The maximum Gasteiger partial charge on any atom is 0.152 e. The zero-order valence-electron chi connectivity index (χ0n) is 11.0. The van der Waals surface area contributed by atoms with Gasteiger partial charge >= 0.3 is 0 Å². The van der Waals surface area contributed by atoms with Crippen molar-refractivity contribution in [3.8, 4) is 0 Å². The second-order valence-electron chi connectivity index (χ2n) is 4.59. The van der Waals surface area contributed by atoms with Crippen molar-refractivity contribution in [2.45, 2.75) is 19.9 Å². The van der Waals surface area contributed by atoms with Crippen molar-refractivity contribution in [1.29, 1.82) is 0 Å². The van der Waals surface area contributed by atoms with Crippen molar-refractivity contribution in [3.05, 3.63) is 63.4 Å². The molecule has 20 heavy (non-hydrogen) atoms. The van der Waals surface area contributed by atoms with Gasteiger partial charge in [0.2, 0.25) is 0 Å². The van der Waals surface area contributed by atoms with E-state index in [-0.39, 0.29) is 5.69 Å². The first-order valence-electron chi connectivity index (χ1n) is 6.06. The van der Waals surface area contributed by atoms with Crippen molar-refractivity contribution < 1.29 is 13.2 Å². The van der Waals surface area contributed by atoms with E-state index in [1.807, 2.05) is 0 Å². The molecule has 1 unspecified atom stereocenters. The first-order valence-corrected chi connectivity index (χ1v) is 6.85. The van der Waals surface area contributed by atoms with E-state index in [1.165, 1.54) is 18.2 Å². The van der Waals surface area contributed by atoms with Gasteiger partial charge in [-0.3, -0.25) is 0 Å². The van der Waals surface area contributed by atoms with Crippen molar-refractivity contribution >= 4 is 21.6 Å². The van der Waals surface area contributed by atoms with Crippen LogP contribution < -0.4 is 5.32 Å². The van der Waals surface area contributed by atoms with Crippen LogP contribution in [0, 0.1) is 24.4 Å². The van der Waals surface area contributed by atoms with E-state index in [9.17, 15) is 13.2 Å². The predicted octanol–water partition coefficient (Wildman–Crippen LogP) is 5.35. The second-order valence-corrected chi connectivity index (χ2v) is 5.50. The maximum absolute atomic E-state index is 13.9. The Balaban J connectivity index is 2.35. The molecule has 2 aromatic carbocycles. The summed E-state index contributed by atoms with van der Waals surface area (Å²) in [5, 5.41) is 2.69. The van der Waals surface area contributed by atoms with E-state index in [0.29, 0.717) is 15.6 Å². The van der Waals surface area contributed by atoms with Crippen LogP contribution in [0.4, 0.5) is 18.9 Å². The van der Waals surface area contributed by atoms with Gasteiger partial charge in [0.25, 0.3) is 0 Å². The molecule has 0 bridgehead atoms. The molecule has 0 aliphatic heterocycles. The molecule has 0 saturated carbocycles. The molecule has 1 atom stereocenters. The van der Waals surface area contributed by atoms with Crippen LogP contribution in [0.5, 0.6) is 0 Å². The van der Waals surface area contributed by atoms with Crippen molar-refractivity contribution in [1.82, 2.24) is 0 Å². The molecule has 0 heterocycles. The van der Waals surface area contributed by atoms with Gasteiger partial charge in [0.15, 0.2) is 5.82 Å². The average Bonchev–Trinajstić information content (AvgIpc) is 2.41. The van der Waals surface area contributed by atoms with Crippen LogP contribution in [-0.2, 0) is 0 Å². The van der Waals surface area contributed by atoms with E-state index in [2.05, 4.69) is 21.2 Å². The Kier molecular flexibility index (Phi) is 4.38. The predicted molar refractivity (Wildman–Crippen MR) is 77.2 cm³/mol. The number of hydrogen-bond acceptors (Lipinski definition) is 1. The van der Waals surface area contributed by atoms with Gasteiger partial charge in [-0.2, -0.15) is 0 Å². The smallest absolute Gasteiger partial charge is 0.152 e. The van der Waals surface area contributed by atoms with Crippen LogP contribution in [0.1, 0.15) is 24.1 Å². The lowest BCUT2D eigenvalue weighted by Gasteiger charge is -2.18. The highest BCUT2D eigenvalue weighted by Crippen LogP contribution is 2.28. The van der Waals surface area contributed by atoms with E-state index in [0.717, 1.165) is 0 Å². The molecule has 0 spiro atoms. The molecule has 0 aliphatic rings. The Bertz CT molecular complexity index is 643. The topological polar surface area (TPSA) is 12.0 Å². The van der Waals surface area contributed by atoms with Crippen LogP contribution in [0.15, 0.2) is 34.8 Å². The van der Waals surface area contributed by atoms with Crippen molar-refractivity contribution in [2.24, 2.45) is 0 Å². The van der Waals surface area contributed by atoms with Crippen LogP contribution in [0.3, 0.4) is 0 Å². The molecule has 0 radical (unpaired) electrons. The Hall–Kier alpha value is -1.49. The summed E-state index contributed by atoms with van der Waals surface area (Å²) in [5.74, 6) is -1.79. The zero-order chi connectivity index (χ0) is 14.9. The number of halogens is 4. The molecule has 2 rings (SSSR count). The van der Waals surface area contributed by atoms with Gasteiger partial charge < -0.3 is 5.32 Å². The minimum Gasteiger partial charge on any atom is -0.374 e. The van der Waals surface area contributed by atoms with Crippen LogP contribution in [0.25, 0.3) is 0 Å². The molecule has 0 saturated heterocycles. The third-order valence-corrected chi connectivity index (χ3v) is 3.56. The minimum absolute atomic E-state index is 0.239. The number of hydrogen-bond donors (Lipinski definition) is 1. The lowest BCUT2D eigenvalue weighted by molar-refractivity contribution is 0.572. The number of rotatable bonds is 3. The molecule has 0 aliphatic carbocycles. The maximum atomic E-state index is 13.9. The van der Waals surface area contributed by atoms with E-state index < -0.39 is 23.5 Å². The van der Waals surface area contributed by atoms with Gasteiger partial charge in [-0.15, -0.1) is 0 Å². The fourth-order valence-corrected chi connectivity index (χ4v) is 2.31. The van der Waals surface area contributed by atoms with Crippen LogP contribution in [-0.4, -0.2) is 0 Å². The summed E-state index contributed by atoms with van der Waals surface area (Å²) >= 11 is 3.25. The Labute approximate surface area is 123 Å². The molecular formula is C15H13BrF3N. The third kappa shape index (κ3) is 2.98. The number of anilines is 1. The summed E-state index contributed by atoms with van der Waals surface area (Å²) in [6.45, 7) is 3.19. The average molecular weight is 344 g/mol. The molecule has 0 aromatic heterocycles. The van der Waals surface area contributed by atoms with Gasteiger partial charge in [-0.1, -0.05) is 22.0 Å². The fraction of sp³-hybridized carbons (Fsp3) is 0.200. The van der Waals surface area contributed by atoms with Gasteiger partial charge in [-0.25, -0.2) is 13.2 Å². The SMILES string of the molecule is Cc1ccc(F)c(NC(C)c2cc(Br)ccc2F)c1F. The summed E-state index contributed by atoms with van der Waals surface area (Å²) in [5.41, 5.74) is 0.423. The molecule has 0 amide bonds. The van der Waals surface area contributed by atoms with Crippen LogP contribution in [0.2, 0.25) is 0 Å². The number of aryl methyl sites for hydroxylation is 1. The van der Waals surface area contributed by atoms with Gasteiger partial charge in [0.1, 0.15) is 17.3 Å². The first kappa shape index (κ1) is 14.9. The molecule has 0 fully saturated rings. The van der Waals surface area contributed by atoms with E-state index >= 15 is 0 Å². The lowest BCUT2D eigenvalue weighted by atomic mass is 10.1. The molecule has 1 nitrogen and oxygen atoms in total. The quantitative estimate of drug-likeness (QED) is 0.792. The Morgan fingerprint density at radius 1 is 1.05 bits per heavy atom. The highest BCUT2D eigenvalue weighted by molar-refractivity contribution is 9.10. The molecule has 106 valence electrons. The largest absolute Gasteiger partial charge is 0.374 e. The van der Waals surface area contributed by atoms with E-state index in [1.54, 1.807) is 26.0 Å². The third-order valence-electron chi connectivity index (χ3n) is 3.07. The second kappa shape index (κ2) is 5.87. The summed E-state index contributed by atoms with van der Waals surface area (Å²) < 4.78 is 42.1. The first-order chi connectivity index (χ1) is 9.40. The van der Waals surface area contributed by atoms with Gasteiger partial charge in [-0.05, 0) is 43.7 Å². The highest BCUT2D eigenvalue weighted by atomic mass is 79.9. The monoisotopic (exact) mass is 343 g/mol. The zero-order valence-corrected chi connectivity index (χ0v) is 12.6. The van der Waals surface area contributed by atoms with E-state index in [4.69, 9.17) is 0 Å². The normalized spacial score (nSPS) is 12.3. The minimum atomic E-state index is -0.699. The number of nitrogens with one attached hydrogen (secondary N) is 1.